The maximum atomic E-state index is 2.75. The van der Waals surface area contributed by atoms with E-state index in [0.717, 1.165) is 0 Å². The van der Waals surface area contributed by atoms with Crippen molar-refractivity contribution >= 4 is 48.3 Å². The van der Waals surface area contributed by atoms with Gasteiger partial charge in [-0.05, 0) is 47.5 Å². The molecule has 0 nitrogen and oxygen atoms in total. The lowest BCUT2D eigenvalue weighted by atomic mass is 10.1. The average Bonchev–Trinajstić information content (AvgIpc) is 3.19. The van der Waals surface area contributed by atoms with E-state index in [1.807, 2.05) is 0 Å². The Labute approximate surface area is 203 Å². The zero-order chi connectivity index (χ0) is 18.9. The second-order valence-electron chi connectivity index (χ2n) is 10.4. The van der Waals surface area contributed by atoms with Crippen LogP contribution in [0.2, 0.25) is 39.3 Å². The van der Waals surface area contributed by atoms with Crippen LogP contribution >= 0.6 is 0 Å². The zero-order valence-corrected chi connectivity index (χ0v) is 25.6. The van der Waals surface area contributed by atoms with Crippen LogP contribution in [0, 0.1) is 0 Å². The van der Waals surface area contributed by atoms with Gasteiger partial charge in [0.05, 0.1) is 16.1 Å². The largest absolute Gasteiger partial charge is 1.00 e. The Morgan fingerprint density at radius 3 is 1.14 bits per heavy atom. The summed E-state index contributed by atoms with van der Waals surface area (Å²) in [5, 5.41) is 3.60. The van der Waals surface area contributed by atoms with Crippen LogP contribution in [0.25, 0.3) is 0 Å². The third-order valence-electron chi connectivity index (χ3n) is 5.90. The topological polar surface area (TPSA) is 0 Å². The Morgan fingerprint density at radius 1 is 0.607 bits per heavy atom. The van der Waals surface area contributed by atoms with E-state index in [2.05, 4.69) is 51.4 Å². The Kier molecular flexibility index (Phi) is 11.0. The van der Waals surface area contributed by atoms with Crippen molar-refractivity contribution in [2.75, 3.05) is 23.0 Å². The van der Waals surface area contributed by atoms with E-state index in [9.17, 15) is 0 Å². The first-order valence-electron chi connectivity index (χ1n) is 10.6. The van der Waals surface area contributed by atoms with Crippen molar-refractivity contribution in [1.29, 1.82) is 0 Å². The first-order valence-corrected chi connectivity index (χ1v) is 21.1. The van der Waals surface area contributed by atoms with Gasteiger partial charge in [-0.25, -0.2) is 0 Å². The normalized spacial score (nSPS) is 18.8. The van der Waals surface area contributed by atoms with Gasteiger partial charge in [-0.3, -0.25) is 0 Å². The highest BCUT2D eigenvalue weighted by Crippen LogP contribution is 2.23. The lowest BCUT2D eigenvalue weighted by molar-refractivity contribution is -0.001000. The summed E-state index contributed by atoms with van der Waals surface area (Å²) in [7, 11) is -1.25. The van der Waals surface area contributed by atoms with Crippen LogP contribution in [0.15, 0.2) is 12.1 Å². The molecule has 0 atom stereocenters. The van der Waals surface area contributed by atoms with Gasteiger partial charge < -0.3 is 34.0 Å². The fourth-order valence-corrected chi connectivity index (χ4v) is 13.0. The molecule has 0 saturated carbocycles. The van der Waals surface area contributed by atoms with Gasteiger partial charge in [0.15, 0.2) is 0 Å². The van der Waals surface area contributed by atoms with E-state index in [1.165, 1.54) is 60.2 Å². The van der Waals surface area contributed by atoms with Crippen molar-refractivity contribution in [1.82, 2.24) is 0 Å². The molecular weight excluding hydrogens is 544 g/mol. The van der Waals surface area contributed by atoms with Crippen LogP contribution in [0.4, 0.5) is 0 Å². The second-order valence-corrected chi connectivity index (χ2v) is 25.1. The molecule has 2 aliphatic heterocycles. The molecule has 28 heavy (non-hydrogen) atoms. The van der Waals surface area contributed by atoms with E-state index < -0.39 is 16.1 Å². The van der Waals surface area contributed by atoms with Crippen LogP contribution < -0.4 is 44.3 Å². The van der Waals surface area contributed by atoms with E-state index in [1.54, 1.807) is 21.5 Å². The molecule has 3 rings (SSSR count). The minimum absolute atomic E-state index is 0. The van der Waals surface area contributed by atoms with Crippen LogP contribution in [-0.4, -0.2) is 39.2 Å². The van der Waals surface area contributed by atoms with Gasteiger partial charge in [0.1, 0.15) is 34.5 Å². The van der Waals surface area contributed by atoms with Crippen molar-refractivity contribution in [2.45, 2.75) is 76.5 Å². The number of halogens is 2. The molecule has 0 N–H and O–H groups in total. The van der Waals surface area contributed by atoms with E-state index in [0.29, 0.717) is 21.8 Å². The van der Waals surface area contributed by atoms with Crippen LogP contribution in [0.5, 0.6) is 0 Å². The minimum Gasteiger partial charge on any atom is -1.00 e. The quantitative estimate of drug-likeness (QED) is 0.286. The van der Waals surface area contributed by atoms with Crippen molar-refractivity contribution in [2.24, 2.45) is 0 Å². The van der Waals surface area contributed by atoms with Crippen molar-refractivity contribution in [3.05, 3.63) is 23.3 Å². The summed E-state index contributed by atoms with van der Waals surface area (Å²) in [4.78, 5) is 0. The Balaban J connectivity index is 0.00000196. The molecular formula is C22H40Br2S2Si2. The smallest absolute Gasteiger partial charge is 0.133 e. The molecule has 0 aromatic heterocycles. The third-order valence-corrected chi connectivity index (χ3v) is 15.0. The monoisotopic (exact) mass is 582 g/mol. The van der Waals surface area contributed by atoms with Crippen LogP contribution in [-0.2, 0) is 33.3 Å². The van der Waals surface area contributed by atoms with Crippen molar-refractivity contribution in [3.8, 4) is 0 Å². The number of benzene rings is 1. The summed E-state index contributed by atoms with van der Waals surface area (Å²) in [6.45, 7) is 15.4. The molecule has 1 aromatic carbocycles. The van der Waals surface area contributed by atoms with Crippen LogP contribution in [0.3, 0.4) is 0 Å². The lowest BCUT2D eigenvalue weighted by Gasteiger charge is -2.27. The molecule has 2 saturated heterocycles. The summed E-state index contributed by atoms with van der Waals surface area (Å²) in [6.07, 6.45) is 5.92. The summed E-state index contributed by atoms with van der Waals surface area (Å²) in [6, 6.07) is 5.50. The summed E-state index contributed by atoms with van der Waals surface area (Å²) in [5.74, 6) is 8.78. The first kappa shape index (κ1) is 27.3. The van der Waals surface area contributed by atoms with Crippen molar-refractivity contribution < 1.29 is 34.0 Å². The van der Waals surface area contributed by atoms with E-state index in [4.69, 9.17) is 0 Å². The van der Waals surface area contributed by atoms with Gasteiger partial charge in [0, 0.05) is 11.1 Å². The lowest BCUT2D eigenvalue weighted by Crippen LogP contribution is -3.00. The molecule has 2 fully saturated rings. The van der Waals surface area contributed by atoms with Gasteiger partial charge in [-0.2, -0.15) is 0 Å². The van der Waals surface area contributed by atoms with E-state index >= 15 is 0 Å². The Hall–Kier alpha value is 1.31. The molecule has 0 bridgehead atoms. The molecule has 162 valence electrons. The van der Waals surface area contributed by atoms with Crippen molar-refractivity contribution in [3.63, 3.8) is 0 Å². The predicted octanol–water partition coefficient (Wildman–Crippen LogP) is -1.39. The van der Waals surface area contributed by atoms with Gasteiger partial charge in [0.2, 0.25) is 0 Å². The maximum Gasteiger partial charge on any atom is 0.133 e. The van der Waals surface area contributed by atoms with Gasteiger partial charge >= 0.3 is 0 Å². The number of rotatable bonds is 6. The zero-order valence-electron chi connectivity index (χ0n) is 18.8. The summed E-state index contributed by atoms with van der Waals surface area (Å²) < 4.78 is 0. The molecule has 2 aliphatic rings. The molecule has 0 unspecified atom stereocenters. The third kappa shape index (κ3) is 7.18. The molecule has 0 radical (unpaired) electrons. The summed E-state index contributed by atoms with van der Waals surface area (Å²) in [5.41, 5.74) is 3.54. The Morgan fingerprint density at radius 2 is 0.893 bits per heavy atom. The average molecular weight is 585 g/mol. The summed E-state index contributed by atoms with van der Waals surface area (Å²) >= 11 is 0. The fourth-order valence-electron chi connectivity index (χ4n) is 4.48. The van der Waals surface area contributed by atoms with E-state index in [-0.39, 0.29) is 34.0 Å². The number of hydrogen-bond acceptors (Lipinski definition) is 0. The molecule has 0 amide bonds. The highest BCUT2D eigenvalue weighted by atomic mass is 79.9. The standard InChI is InChI=1S/C22H40S2Si2.2BrH/c1-25(2,3)21-15-20(18-24-13-9-10-14-24)22(26(4,5)6)16-19(21)17-23-11-7-8-12-23;;/h15-16H,7-14,17-18H2,1-6H3;2*1H/q+2;;/p-2. The highest BCUT2D eigenvalue weighted by Gasteiger charge is 2.33. The molecule has 0 aliphatic carbocycles. The fraction of sp³-hybridized carbons (Fsp3) is 0.727. The molecule has 1 aromatic rings. The predicted molar refractivity (Wildman–Crippen MR) is 132 cm³/mol. The molecule has 6 heteroatoms. The van der Waals surface area contributed by atoms with Gasteiger partial charge in [-0.1, -0.05) is 61.8 Å². The molecule has 2 heterocycles. The van der Waals surface area contributed by atoms with Crippen LogP contribution in [0.1, 0.15) is 36.8 Å². The Bertz CT molecular complexity index is 571. The SMILES string of the molecule is C[Si](C)(C)c1cc(C[S+]2CCCC2)c([Si](C)(C)C)cc1C[S+]1CCCC1.[Br-].[Br-]. The second kappa shape index (κ2) is 11.3. The van der Waals surface area contributed by atoms with Gasteiger partial charge in [0.25, 0.3) is 0 Å². The maximum absolute atomic E-state index is 2.75. The first-order chi connectivity index (χ1) is 12.1. The highest BCUT2D eigenvalue weighted by molar-refractivity contribution is 7.96. The minimum atomic E-state index is -1.30. The van der Waals surface area contributed by atoms with Gasteiger partial charge in [-0.15, -0.1) is 0 Å². The number of hydrogen-bond donors (Lipinski definition) is 0. The molecule has 0 spiro atoms.